The van der Waals surface area contributed by atoms with Gasteiger partial charge in [0.25, 0.3) is 0 Å². The van der Waals surface area contributed by atoms with Gasteiger partial charge in [0.05, 0.1) is 26.0 Å². The van der Waals surface area contributed by atoms with Crippen molar-refractivity contribution in [3.63, 3.8) is 0 Å². The van der Waals surface area contributed by atoms with E-state index >= 15 is 0 Å². The Morgan fingerprint density at radius 3 is 2.79 bits per heavy atom. The number of likely N-dealkylation sites (tertiary alicyclic amines) is 1. The molecule has 24 heavy (non-hydrogen) atoms. The molecule has 3 heterocycles. The summed E-state index contributed by atoms with van der Waals surface area (Å²) in [6.45, 7) is 7.04. The fourth-order valence-electron chi connectivity index (χ4n) is 3.54. The molecule has 0 spiro atoms. The lowest BCUT2D eigenvalue weighted by molar-refractivity contribution is -0.0344. The van der Waals surface area contributed by atoms with Crippen LogP contribution in [0.15, 0.2) is 36.7 Å². The van der Waals surface area contributed by atoms with E-state index < -0.39 is 0 Å². The Labute approximate surface area is 142 Å². The molecule has 4 rings (SSSR count). The zero-order valence-corrected chi connectivity index (χ0v) is 14.1. The highest BCUT2D eigenvalue weighted by Crippen LogP contribution is 2.25. The van der Waals surface area contributed by atoms with Gasteiger partial charge in [0.2, 0.25) is 0 Å². The summed E-state index contributed by atoms with van der Waals surface area (Å²) in [6.07, 6.45) is 3.80. The molecule has 1 aromatic carbocycles. The molecule has 2 fully saturated rings. The van der Waals surface area contributed by atoms with Crippen LogP contribution in [0.4, 0.5) is 0 Å². The molecule has 2 saturated heterocycles. The number of rotatable bonds is 5. The van der Waals surface area contributed by atoms with Crippen molar-refractivity contribution in [2.75, 3.05) is 46.5 Å². The fourth-order valence-corrected chi connectivity index (χ4v) is 3.54. The molecule has 2 aromatic rings. The number of ether oxygens (including phenoxy) is 2. The van der Waals surface area contributed by atoms with Crippen LogP contribution < -0.4 is 4.74 Å². The van der Waals surface area contributed by atoms with Crippen LogP contribution in [0.1, 0.15) is 5.56 Å². The Hall–Kier alpha value is -1.89. The standard InChI is InChI=1S/C18H24N4O2/c1-23-17-3-4-18(22-6-2-5-19-22)15(11-17)12-20-13-16(14-20)21-7-9-24-10-8-21/h2-6,11,16H,7-10,12-14H2,1H3. The Morgan fingerprint density at radius 1 is 1.25 bits per heavy atom. The summed E-state index contributed by atoms with van der Waals surface area (Å²) in [5.74, 6) is 0.895. The topological polar surface area (TPSA) is 42.8 Å². The molecule has 0 radical (unpaired) electrons. The van der Waals surface area contributed by atoms with Crippen molar-refractivity contribution in [3.8, 4) is 11.4 Å². The number of morpholine rings is 1. The summed E-state index contributed by atoms with van der Waals surface area (Å²) in [5.41, 5.74) is 2.37. The molecular formula is C18H24N4O2. The number of benzene rings is 1. The van der Waals surface area contributed by atoms with Crippen LogP contribution in [0.2, 0.25) is 0 Å². The minimum atomic E-state index is 0.674. The van der Waals surface area contributed by atoms with Crippen LogP contribution in [0.5, 0.6) is 5.75 Å². The van der Waals surface area contributed by atoms with Crippen LogP contribution in [-0.4, -0.2) is 72.1 Å². The molecule has 0 amide bonds. The van der Waals surface area contributed by atoms with Crippen LogP contribution in [0.25, 0.3) is 5.69 Å². The summed E-state index contributed by atoms with van der Waals surface area (Å²) in [7, 11) is 1.71. The van der Waals surface area contributed by atoms with Crippen molar-refractivity contribution in [1.29, 1.82) is 0 Å². The monoisotopic (exact) mass is 328 g/mol. The molecule has 6 nitrogen and oxygen atoms in total. The molecule has 128 valence electrons. The van der Waals surface area contributed by atoms with E-state index in [4.69, 9.17) is 9.47 Å². The van der Waals surface area contributed by atoms with E-state index in [1.807, 2.05) is 29.2 Å². The van der Waals surface area contributed by atoms with Crippen molar-refractivity contribution in [2.24, 2.45) is 0 Å². The van der Waals surface area contributed by atoms with E-state index in [0.29, 0.717) is 6.04 Å². The van der Waals surface area contributed by atoms with Crippen molar-refractivity contribution >= 4 is 0 Å². The van der Waals surface area contributed by atoms with Crippen molar-refractivity contribution < 1.29 is 9.47 Å². The van der Waals surface area contributed by atoms with Gasteiger partial charge >= 0.3 is 0 Å². The van der Waals surface area contributed by atoms with Crippen molar-refractivity contribution in [2.45, 2.75) is 12.6 Å². The Morgan fingerprint density at radius 2 is 2.08 bits per heavy atom. The summed E-state index contributed by atoms with van der Waals surface area (Å²) in [5, 5.41) is 4.38. The van der Waals surface area contributed by atoms with E-state index in [-0.39, 0.29) is 0 Å². The van der Waals surface area contributed by atoms with Gasteiger partial charge in [0.15, 0.2) is 0 Å². The van der Waals surface area contributed by atoms with Crippen LogP contribution in [0, 0.1) is 0 Å². The summed E-state index contributed by atoms with van der Waals surface area (Å²) in [4.78, 5) is 5.04. The molecule has 6 heteroatoms. The highest BCUT2D eigenvalue weighted by Gasteiger charge is 2.32. The predicted octanol–water partition coefficient (Wildman–Crippen LogP) is 1.40. The third-order valence-corrected chi connectivity index (χ3v) is 4.93. The smallest absolute Gasteiger partial charge is 0.119 e. The van der Waals surface area contributed by atoms with Gasteiger partial charge < -0.3 is 9.47 Å². The molecular weight excluding hydrogens is 304 g/mol. The molecule has 0 bridgehead atoms. The van der Waals surface area contributed by atoms with Gasteiger partial charge in [-0.15, -0.1) is 0 Å². The van der Waals surface area contributed by atoms with Crippen LogP contribution in [0.3, 0.4) is 0 Å². The van der Waals surface area contributed by atoms with E-state index in [1.54, 1.807) is 7.11 Å². The molecule has 0 unspecified atom stereocenters. The first-order chi connectivity index (χ1) is 11.8. The average molecular weight is 328 g/mol. The zero-order valence-electron chi connectivity index (χ0n) is 14.1. The minimum absolute atomic E-state index is 0.674. The van der Waals surface area contributed by atoms with Gasteiger partial charge in [-0.2, -0.15) is 5.10 Å². The number of nitrogens with zero attached hydrogens (tertiary/aromatic N) is 4. The molecule has 0 N–H and O–H groups in total. The highest BCUT2D eigenvalue weighted by molar-refractivity contribution is 5.45. The van der Waals surface area contributed by atoms with Gasteiger partial charge in [-0.05, 0) is 29.8 Å². The zero-order chi connectivity index (χ0) is 16.4. The molecule has 2 aliphatic heterocycles. The summed E-state index contributed by atoms with van der Waals surface area (Å²) < 4.78 is 12.8. The number of hydrogen-bond donors (Lipinski definition) is 0. The van der Waals surface area contributed by atoms with E-state index in [9.17, 15) is 0 Å². The van der Waals surface area contributed by atoms with E-state index in [0.717, 1.165) is 57.4 Å². The maximum atomic E-state index is 5.44. The third-order valence-electron chi connectivity index (χ3n) is 4.93. The molecule has 2 aliphatic rings. The van der Waals surface area contributed by atoms with Gasteiger partial charge in [-0.25, -0.2) is 4.68 Å². The van der Waals surface area contributed by atoms with Crippen molar-refractivity contribution in [3.05, 3.63) is 42.2 Å². The van der Waals surface area contributed by atoms with Crippen molar-refractivity contribution in [1.82, 2.24) is 19.6 Å². The molecule has 0 aliphatic carbocycles. The highest BCUT2D eigenvalue weighted by atomic mass is 16.5. The van der Waals surface area contributed by atoms with Gasteiger partial charge in [-0.1, -0.05) is 0 Å². The lowest BCUT2D eigenvalue weighted by Gasteiger charge is -2.46. The first-order valence-electron chi connectivity index (χ1n) is 8.54. The van der Waals surface area contributed by atoms with Gasteiger partial charge in [-0.3, -0.25) is 9.80 Å². The first kappa shape index (κ1) is 15.6. The van der Waals surface area contributed by atoms with Gasteiger partial charge in [0, 0.05) is 51.2 Å². The molecule has 0 atom stereocenters. The Kier molecular flexibility index (Phi) is 4.51. The van der Waals surface area contributed by atoms with Crippen LogP contribution >= 0.6 is 0 Å². The first-order valence-corrected chi connectivity index (χ1v) is 8.54. The largest absolute Gasteiger partial charge is 0.497 e. The number of hydrogen-bond acceptors (Lipinski definition) is 5. The second-order valence-electron chi connectivity index (χ2n) is 6.44. The fraction of sp³-hybridized carbons (Fsp3) is 0.500. The normalized spacial score (nSPS) is 20.0. The van der Waals surface area contributed by atoms with Gasteiger partial charge in [0.1, 0.15) is 5.75 Å². The maximum Gasteiger partial charge on any atom is 0.119 e. The van der Waals surface area contributed by atoms with Crippen LogP contribution in [-0.2, 0) is 11.3 Å². The lowest BCUT2D eigenvalue weighted by atomic mass is 10.0. The molecule has 0 saturated carbocycles. The second kappa shape index (κ2) is 6.93. The minimum Gasteiger partial charge on any atom is -0.497 e. The third kappa shape index (κ3) is 3.17. The Bertz CT molecular complexity index is 662. The SMILES string of the molecule is COc1ccc(-n2cccn2)c(CN2CC(N3CCOCC3)C2)c1. The number of methoxy groups -OCH3 is 1. The average Bonchev–Trinajstić information content (AvgIpc) is 3.12. The quantitative estimate of drug-likeness (QED) is 0.830. The van der Waals surface area contributed by atoms with E-state index in [1.165, 1.54) is 5.56 Å². The number of aromatic nitrogens is 2. The predicted molar refractivity (Wildman–Crippen MR) is 91.6 cm³/mol. The second-order valence-corrected chi connectivity index (χ2v) is 6.44. The maximum absolute atomic E-state index is 5.44. The Balaban J connectivity index is 1.44. The lowest BCUT2D eigenvalue weighted by Crippen LogP contribution is -2.60. The summed E-state index contributed by atoms with van der Waals surface area (Å²) >= 11 is 0. The van der Waals surface area contributed by atoms with E-state index in [2.05, 4.69) is 27.0 Å². The summed E-state index contributed by atoms with van der Waals surface area (Å²) in [6, 6.07) is 8.83. The molecule has 1 aromatic heterocycles.